The summed E-state index contributed by atoms with van der Waals surface area (Å²) in [4.78, 5) is 15.6. The van der Waals surface area contributed by atoms with Gasteiger partial charge in [-0.3, -0.25) is 4.98 Å². The summed E-state index contributed by atoms with van der Waals surface area (Å²) < 4.78 is 44.9. The maximum atomic E-state index is 13.5. The predicted octanol–water partition coefficient (Wildman–Crippen LogP) is 3.19. The fourth-order valence-electron chi connectivity index (χ4n) is 1.94. The van der Waals surface area contributed by atoms with Gasteiger partial charge in [0, 0.05) is 18.0 Å². The van der Waals surface area contributed by atoms with Gasteiger partial charge in [0.2, 0.25) is 0 Å². The van der Waals surface area contributed by atoms with E-state index in [1.54, 1.807) is 0 Å². The number of hydrogen-bond acceptors (Lipinski definition) is 4. The highest BCUT2D eigenvalue weighted by Gasteiger charge is 2.65. The normalized spacial score (nSPS) is 22.0. The molecule has 0 spiro atoms. The Kier molecular flexibility index (Phi) is 4.39. The van der Waals surface area contributed by atoms with E-state index in [0.29, 0.717) is 0 Å². The third-order valence-electron chi connectivity index (χ3n) is 3.03. The maximum absolute atomic E-state index is 13.5. The second-order valence-electron chi connectivity index (χ2n) is 4.32. The van der Waals surface area contributed by atoms with Crippen LogP contribution in [0.2, 0.25) is 0 Å². The summed E-state index contributed by atoms with van der Waals surface area (Å²) in [6, 6.07) is 3.00. The van der Waals surface area contributed by atoms with Crippen LogP contribution in [0.4, 0.5) is 13.2 Å². The van der Waals surface area contributed by atoms with Crippen LogP contribution in [0.25, 0.3) is 5.70 Å². The van der Waals surface area contributed by atoms with Crippen molar-refractivity contribution >= 4 is 34.9 Å². The number of halogens is 5. The number of nitrogens with zero attached hydrogens (tertiary/aromatic N) is 1. The third kappa shape index (κ3) is 2.55. The van der Waals surface area contributed by atoms with E-state index in [2.05, 4.69) is 15.0 Å². The average molecular weight is 353 g/mol. The number of nitrogens with one attached hydrogen (secondary N) is 1. The summed E-state index contributed by atoms with van der Waals surface area (Å²) >= 11 is 11.6. The van der Waals surface area contributed by atoms with Crippen molar-refractivity contribution in [2.75, 3.05) is 7.11 Å². The molecule has 0 radical (unpaired) electrons. The van der Waals surface area contributed by atoms with Gasteiger partial charge in [-0.05, 0) is 18.2 Å². The molecule has 1 unspecified atom stereocenters. The van der Waals surface area contributed by atoms with Crippen LogP contribution in [0.15, 0.2) is 40.7 Å². The van der Waals surface area contributed by atoms with Gasteiger partial charge >= 0.3 is 12.1 Å². The van der Waals surface area contributed by atoms with Crippen molar-refractivity contribution in [3.05, 3.63) is 46.2 Å². The fourth-order valence-corrected chi connectivity index (χ4v) is 2.60. The number of esters is 1. The van der Waals surface area contributed by atoms with Gasteiger partial charge < -0.3 is 10.1 Å². The number of hydrogen-bond donors (Lipinski definition) is 1. The van der Waals surface area contributed by atoms with E-state index < -0.39 is 22.7 Å². The highest BCUT2D eigenvalue weighted by Crippen LogP contribution is 2.44. The number of alkyl halides is 3. The van der Waals surface area contributed by atoms with Crippen molar-refractivity contribution in [2.45, 2.75) is 11.7 Å². The number of methoxy groups -OCH3 is 1. The van der Waals surface area contributed by atoms with Crippen molar-refractivity contribution < 1.29 is 22.7 Å². The number of allylic oxidation sites excluding steroid dienone is 2. The Labute approximate surface area is 133 Å². The van der Waals surface area contributed by atoms with E-state index in [-0.39, 0.29) is 16.3 Å². The van der Waals surface area contributed by atoms with Crippen molar-refractivity contribution in [3.8, 4) is 0 Å². The minimum absolute atomic E-state index is 0.0817. The minimum Gasteiger partial charge on any atom is -0.467 e. The van der Waals surface area contributed by atoms with E-state index in [1.807, 2.05) is 0 Å². The molecular weight excluding hydrogens is 344 g/mol. The molecular formula is C13H9Cl2F3N2O2. The molecule has 0 fully saturated rings. The molecule has 1 aliphatic heterocycles. The summed E-state index contributed by atoms with van der Waals surface area (Å²) in [7, 11) is 0.839. The Morgan fingerprint density at radius 1 is 1.41 bits per heavy atom. The monoisotopic (exact) mass is 352 g/mol. The van der Waals surface area contributed by atoms with Crippen LogP contribution < -0.4 is 5.32 Å². The van der Waals surface area contributed by atoms with Gasteiger partial charge in [0.25, 0.3) is 5.54 Å². The molecule has 9 heteroatoms. The topological polar surface area (TPSA) is 51.2 Å². The summed E-state index contributed by atoms with van der Waals surface area (Å²) in [5.41, 5.74) is -3.07. The Bertz CT molecular complexity index is 659. The van der Waals surface area contributed by atoms with E-state index in [0.717, 1.165) is 13.2 Å². The highest BCUT2D eigenvalue weighted by atomic mass is 35.5. The Morgan fingerprint density at radius 2 is 2.09 bits per heavy atom. The summed E-state index contributed by atoms with van der Waals surface area (Å²) in [5.74, 6) is -1.59. The molecule has 1 N–H and O–H groups in total. The number of pyridine rings is 1. The first-order valence-electron chi connectivity index (χ1n) is 5.85. The van der Waals surface area contributed by atoms with Crippen LogP contribution in [0.5, 0.6) is 0 Å². The van der Waals surface area contributed by atoms with E-state index in [1.165, 1.54) is 24.5 Å². The van der Waals surface area contributed by atoms with Gasteiger partial charge in [0.05, 0.1) is 22.9 Å². The lowest BCUT2D eigenvalue weighted by Crippen LogP contribution is -2.63. The molecule has 2 rings (SSSR count). The van der Waals surface area contributed by atoms with Gasteiger partial charge in [-0.25, -0.2) is 4.79 Å². The van der Waals surface area contributed by atoms with Crippen molar-refractivity contribution in [1.82, 2.24) is 10.3 Å². The summed E-state index contributed by atoms with van der Waals surface area (Å²) in [6.45, 7) is 0. The van der Waals surface area contributed by atoms with E-state index in [9.17, 15) is 18.0 Å². The molecule has 0 bridgehead atoms. The van der Waals surface area contributed by atoms with Gasteiger partial charge in [0.15, 0.2) is 0 Å². The standard InChI is InChI=1S/C13H9Cl2F3N2O2/c1-22-11(21)12(13(16,17)18)9(15)5-8(14)10(20-12)7-3-2-4-19-6-7/h2-6,20H,1H3. The Morgan fingerprint density at radius 3 is 2.59 bits per heavy atom. The molecule has 118 valence electrons. The molecule has 2 heterocycles. The molecule has 0 saturated carbocycles. The molecule has 4 nitrogen and oxygen atoms in total. The molecule has 22 heavy (non-hydrogen) atoms. The number of dihydropyridines is 1. The Balaban J connectivity index is 2.63. The molecule has 0 amide bonds. The van der Waals surface area contributed by atoms with Crippen LogP contribution in [0.1, 0.15) is 5.56 Å². The highest BCUT2D eigenvalue weighted by molar-refractivity contribution is 6.39. The van der Waals surface area contributed by atoms with Gasteiger partial charge in [0.1, 0.15) is 0 Å². The minimum atomic E-state index is -5.04. The van der Waals surface area contributed by atoms with Crippen LogP contribution in [-0.2, 0) is 9.53 Å². The maximum Gasteiger partial charge on any atom is 0.427 e. The first kappa shape index (κ1) is 16.6. The van der Waals surface area contributed by atoms with Gasteiger partial charge in [-0.15, -0.1) is 0 Å². The number of ether oxygens (including phenoxy) is 1. The predicted molar refractivity (Wildman–Crippen MR) is 74.9 cm³/mol. The number of rotatable bonds is 2. The zero-order valence-corrected chi connectivity index (χ0v) is 12.6. The van der Waals surface area contributed by atoms with Crippen LogP contribution >= 0.6 is 23.2 Å². The average Bonchev–Trinajstić information content (AvgIpc) is 2.46. The first-order valence-corrected chi connectivity index (χ1v) is 6.61. The van der Waals surface area contributed by atoms with Crippen LogP contribution in [-0.4, -0.2) is 29.8 Å². The summed E-state index contributed by atoms with van der Waals surface area (Å²) in [6.07, 6.45) is -1.43. The van der Waals surface area contributed by atoms with Crippen LogP contribution in [0.3, 0.4) is 0 Å². The molecule has 1 atom stereocenters. The van der Waals surface area contributed by atoms with Gasteiger partial charge in [-0.2, -0.15) is 13.2 Å². The second-order valence-corrected chi connectivity index (χ2v) is 5.14. The zero-order chi connectivity index (χ0) is 16.5. The van der Waals surface area contributed by atoms with E-state index >= 15 is 0 Å². The number of carbonyl (C=O) groups excluding carboxylic acids is 1. The largest absolute Gasteiger partial charge is 0.467 e. The molecule has 0 aromatic carbocycles. The van der Waals surface area contributed by atoms with Crippen molar-refractivity contribution in [2.24, 2.45) is 0 Å². The lowest BCUT2D eigenvalue weighted by Gasteiger charge is -2.37. The quantitative estimate of drug-likeness (QED) is 0.830. The smallest absolute Gasteiger partial charge is 0.427 e. The molecule has 1 aromatic rings. The lowest BCUT2D eigenvalue weighted by atomic mass is 9.93. The molecule has 1 aromatic heterocycles. The molecule has 0 aliphatic carbocycles. The number of carbonyl (C=O) groups is 1. The first-order chi connectivity index (χ1) is 10.2. The zero-order valence-electron chi connectivity index (χ0n) is 11.0. The van der Waals surface area contributed by atoms with E-state index in [4.69, 9.17) is 23.2 Å². The number of aromatic nitrogens is 1. The molecule has 1 aliphatic rings. The summed E-state index contributed by atoms with van der Waals surface area (Å²) in [5, 5.41) is 1.17. The SMILES string of the molecule is COC(=O)C1(C(F)(F)F)NC(c2cccnc2)=C(Cl)C=C1Cl. The second kappa shape index (κ2) is 5.81. The Hall–Kier alpha value is -1.73. The van der Waals surface area contributed by atoms with Crippen molar-refractivity contribution in [3.63, 3.8) is 0 Å². The molecule has 0 saturated heterocycles. The van der Waals surface area contributed by atoms with Gasteiger partial charge in [-0.1, -0.05) is 23.2 Å². The lowest BCUT2D eigenvalue weighted by molar-refractivity contribution is -0.199. The van der Waals surface area contributed by atoms with Crippen LogP contribution in [0, 0.1) is 0 Å². The van der Waals surface area contributed by atoms with Crippen molar-refractivity contribution in [1.29, 1.82) is 0 Å². The third-order valence-corrected chi connectivity index (χ3v) is 3.72. The fraction of sp³-hybridized carbons (Fsp3) is 0.231.